The SMILES string of the molecule is CC(=O)N1CCN(c2nc(-c3ccc(Cl)cc3)c3c(N)n(-c4ccccc4)nc3n2)CC1. The van der Waals surface area contributed by atoms with Crippen molar-refractivity contribution in [2.75, 3.05) is 36.8 Å². The van der Waals surface area contributed by atoms with E-state index in [4.69, 9.17) is 32.4 Å². The molecule has 1 fully saturated rings. The predicted molar refractivity (Wildman–Crippen MR) is 126 cm³/mol. The molecule has 2 aromatic carbocycles. The lowest BCUT2D eigenvalue weighted by atomic mass is 10.1. The summed E-state index contributed by atoms with van der Waals surface area (Å²) >= 11 is 6.11. The highest BCUT2D eigenvalue weighted by atomic mass is 35.5. The monoisotopic (exact) mass is 447 g/mol. The first kappa shape index (κ1) is 20.3. The fourth-order valence-electron chi connectivity index (χ4n) is 3.95. The van der Waals surface area contributed by atoms with E-state index in [1.165, 1.54) is 0 Å². The number of piperazine rings is 1. The number of anilines is 2. The van der Waals surface area contributed by atoms with Gasteiger partial charge in [-0.2, -0.15) is 4.98 Å². The second-order valence-electron chi connectivity index (χ2n) is 7.70. The number of para-hydroxylation sites is 1. The number of carbonyl (C=O) groups excluding carboxylic acids is 1. The third kappa shape index (κ3) is 3.62. The Hall–Kier alpha value is -3.65. The largest absolute Gasteiger partial charge is 0.383 e. The lowest BCUT2D eigenvalue weighted by Gasteiger charge is -2.34. The summed E-state index contributed by atoms with van der Waals surface area (Å²) < 4.78 is 1.69. The van der Waals surface area contributed by atoms with E-state index in [0.29, 0.717) is 59.7 Å². The van der Waals surface area contributed by atoms with E-state index in [1.54, 1.807) is 11.6 Å². The maximum Gasteiger partial charge on any atom is 0.228 e. The molecule has 2 aromatic heterocycles. The van der Waals surface area contributed by atoms with Gasteiger partial charge in [-0.05, 0) is 24.3 Å². The van der Waals surface area contributed by atoms with Gasteiger partial charge in [0.1, 0.15) is 5.82 Å². The van der Waals surface area contributed by atoms with E-state index in [1.807, 2.05) is 59.5 Å². The molecule has 0 saturated carbocycles. The number of nitrogens with two attached hydrogens (primary N) is 1. The van der Waals surface area contributed by atoms with Gasteiger partial charge in [0, 0.05) is 43.7 Å². The minimum Gasteiger partial charge on any atom is -0.383 e. The maximum atomic E-state index is 11.7. The fraction of sp³-hybridized carbons (Fsp3) is 0.217. The van der Waals surface area contributed by atoms with E-state index >= 15 is 0 Å². The van der Waals surface area contributed by atoms with Gasteiger partial charge < -0.3 is 15.5 Å². The van der Waals surface area contributed by atoms with Gasteiger partial charge in [0.2, 0.25) is 11.9 Å². The fourth-order valence-corrected chi connectivity index (χ4v) is 4.07. The summed E-state index contributed by atoms with van der Waals surface area (Å²) in [7, 11) is 0. The van der Waals surface area contributed by atoms with E-state index in [9.17, 15) is 4.79 Å². The Kier molecular flexibility index (Phi) is 5.14. The second-order valence-corrected chi connectivity index (χ2v) is 8.14. The average Bonchev–Trinajstić information content (AvgIpc) is 3.16. The molecule has 2 N–H and O–H groups in total. The van der Waals surface area contributed by atoms with Gasteiger partial charge >= 0.3 is 0 Å². The number of amides is 1. The second kappa shape index (κ2) is 8.12. The first-order valence-electron chi connectivity index (χ1n) is 10.4. The molecule has 1 amide bonds. The van der Waals surface area contributed by atoms with Crippen LogP contribution in [0.25, 0.3) is 28.0 Å². The summed E-state index contributed by atoms with van der Waals surface area (Å²) in [4.78, 5) is 25.3. The lowest BCUT2D eigenvalue weighted by molar-refractivity contribution is -0.129. The Morgan fingerprint density at radius 2 is 1.66 bits per heavy atom. The normalized spacial score (nSPS) is 14.2. The Labute approximate surface area is 190 Å². The molecular weight excluding hydrogens is 426 g/mol. The number of benzene rings is 2. The molecule has 9 heteroatoms. The zero-order valence-electron chi connectivity index (χ0n) is 17.6. The Bertz CT molecular complexity index is 1280. The molecule has 5 rings (SSSR count). The van der Waals surface area contributed by atoms with Crippen LogP contribution in [0.15, 0.2) is 54.6 Å². The summed E-state index contributed by atoms with van der Waals surface area (Å²) in [6.07, 6.45) is 0. The number of hydrogen-bond acceptors (Lipinski definition) is 6. The molecule has 0 bridgehead atoms. The number of halogens is 1. The average molecular weight is 448 g/mol. The Morgan fingerprint density at radius 3 is 2.31 bits per heavy atom. The van der Waals surface area contributed by atoms with E-state index in [-0.39, 0.29) is 5.91 Å². The molecule has 0 aliphatic carbocycles. The van der Waals surface area contributed by atoms with E-state index in [0.717, 1.165) is 11.3 Å². The first-order valence-corrected chi connectivity index (χ1v) is 10.8. The third-order valence-electron chi connectivity index (χ3n) is 5.68. The highest BCUT2D eigenvalue weighted by Crippen LogP contribution is 2.34. The van der Waals surface area contributed by atoms with Crippen molar-refractivity contribution in [2.24, 2.45) is 0 Å². The molecule has 32 heavy (non-hydrogen) atoms. The van der Waals surface area contributed by atoms with Crippen LogP contribution in [0.1, 0.15) is 6.92 Å². The van der Waals surface area contributed by atoms with Gasteiger partial charge in [0.05, 0.1) is 16.8 Å². The molecule has 0 unspecified atom stereocenters. The number of nitrogen functional groups attached to an aromatic ring is 1. The maximum absolute atomic E-state index is 11.7. The summed E-state index contributed by atoms with van der Waals surface area (Å²) in [6.45, 7) is 4.16. The van der Waals surface area contributed by atoms with Crippen molar-refractivity contribution in [1.82, 2.24) is 24.6 Å². The van der Waals surface area contributed by atoms with Crippen molar-refractivity contribution in [1.29, 1.82) is 0 Å². The van der Waals surface area contributed by atoms with Gasteiger partial charge in [0.15, 0.2) is 5.65 Å². The van der Waals surface area contributed by atoms with Crippen molar-refractivity contribution in [3.05, 3.63) is 59.6 Å². The summed E-state index contributed by atoms with van der Waals surface area (Å²) in [5, 5.41) is 6.05. The molecule has 0 radical (unpaired) electrons. The van der Waals surface area contributed by atoms with Crippen LogP contribution in [0.3, 0.4) is 0 Å². The zero-order chi connectivity index (χ0) is 22.2. The van der Waals surface area contributed by atoms with E-state index in [2.05, 4.69) is 4.90 Å². The molecular formula is C23H22ClN7O. The van der Waals surface area contributed by atoms with Crippen molar-refractivity contribution in [3.8, 4) is 16.9 Å². The number of hydrogen-bond donors (Lipinski definition) is 1. The van der Waals surface area contributed by atoms with Crippen LogP contribution in [0.5, 0.6) is 0 Å². The van der Waals surface area contributed by atoms with Crippen LogP contribution >= 0.6 is 11.6 Å². The van der Waals surface area contributed by atoms with Gasteiger partial charge in [-0.15, -0.1) is 5.10 Å². The van der Waals surface area contributed by atoms with Crippen LogP contribution in [0.4, 0.5) is 11.8 Å². The van der Waals surface area contributed by atoms with Crippen molar-refractivity contribution < 1.29 is 4.79 Å². The summed E-state index contributed by atoms with van der Waals surface area (Å²) in [5.74, 6) is 1.13. The molecule has 1 aliphatic heterocycles. The third-order valence-corrected chi connectivity index (χ3v) is 5.94. The first-order chi connectivity index (χ1) is 15.5. The number of carbonyl (C=O) groups is 1. The zero-order valence-corrected chi connectivity index (χ0v) is 18.3. The van der Waals surface area contributed by atoms with Crippen LogP contribution < -0.4 is 10.6 Å². The minimum atomic E-state index is 0.0808. The van der Waals surface area contributed by atoms with E-state index < -0.39 is 0 Å². The summed E-state index contributed by atoms with van der Waals surface area (Å²) in [6, 6.07) is 17.2. The molecule has 0 spiro atoms. The number of nitrogens with zero attached hydrogens (tertiary/aromatic N) is 6. The summed E-state index contributed by atoms with van der Waals surface area (Å²) in [5.41, 5.74) is 9.51. The lowest BCUT2D eigenvalue weighted by Crippen LogP contribution is -2.48. The minimum absolute atomic E-state index is 0.0808. The molecule has 0 atom stereocenters. The van der Waals surface area contributed by atoms with Gasteiger partial charge in [0.25, 0.3) is 0 Å². The number of rotatable bonds is 3. The Morgan fingerprint density at radius 1 is 0.969 bits per heavy atom. The molecule has 162 valence electrons. The van der Waals surface area contributed by atoms with Crippen molar-refractivity contribution >= 4 is 40.3 Å². The van der Waals surface area contributed by atoms with Crippen LogP contribution in [-0.2, 0) is 4.79 Å². The van der Waals surface area contributed by atoms with Crippen molar-refractivity contribution in [2.45, 2.75) is 6.92 Å². The quantitative estimate of drug-likeness (QED) is 0.517. The molecule has 3 heterocycles. The topological polar surface area (TPSA) is 93.2 Å². The van der Waals surface area contributed by atoms with Gasteiger partial charge in [-0.3, -0.25) is 4.79 Å². The van der Waals surface area contributed by atoms with Gasteiger partial charge in [-0.25, -0.2) is 9.67 Å². The highest BCUT2D eigenvalue weighted by molar-refractivity contribution is 6.30. The predicted octanol–water partition coefficient (Wildman–Crippen LogP) is 3.39. The Balaban J connectivity index is 1.65. The van der Waals surface area contributed by atoms with Crippen LogP contribution in [0, 0.1) is 0 Å². The standard InChI is InChI=1S/C23H22ClN7O/c1-15(32)29-11-13-30(14-12-29)23-26-20(16-7-9-17(24)10-8-16)19-21(25)31(28-22(19)27-23)18-5-3-2-4-6-18/h2-10H,11-14,25H2,1H3. The number of fused-ring (bicyclic) bond motifs is 1. The van der Waals surface area contributed by atoms with Crippen LogP contribution in [0.2, 0.25) is 5.02 Å². The molecule has 1 aliphatic rings. The van der Waals surface area contributed by atoms with Gasteiger partial charge in [-0.1, -0.05) is 41.9 Å². The van der Waals surface area contributed by atoms with Crippen LogP contribution in [-0.4, -0.2) is 56.7 Å². The number of aromatic nitrogens is 4. The molecule has 4 aromatic rings. The smallest absolute Gasteiger partial charge is 0.228 e. The van der Waals surface area contributed by atoms with Crippen molar-refractivity contribution in [3.63, 3.8) is 0 Å². The molecule has 8 nitrogen and oxygen atoms in total. The molecule has 1 saturated heterocycles. The highest BCUT2D eigenvalue weighted by Gasteiger charge is 2.24.